The van der Waals surface area contributed by atoms with Crippen LogP contribution < -0.4 is 5.32 Å². The van der Waals surface area contributed by atoms with Gasteiger partial charge in [-0.3, -0.25) is 0 Å². The molecule has 0 aliphatic rings. The Morgan fingerprint density at radius 1 is 0.857 bits per heavy atom. The summed E-state index contributed by atoms with van der Waals surface area (Å²) in [4.78, 5) is 4.67. The first-order valence-electron chi connectivity index (χ1n) is 8.89. The Morgan fingerprint density at radius 2 is 1.61 bits per heavy atom. The van der Waals surface area contributed by atoms with E-state index in [4.69, 9.17) is 4.42 Å². The van der Waals surface area contributed by atoms with Crippen molar-refractivity contribution in [3.63, 3.8) is 0 Å². The number of hydrogen-bond donors (Lipinski definition) is 1. The molecule has 0 aliphatic heterocycles. The Morgan fingerprint density at radius 3 is 2.39 bits per heavy atom. The van der Waals surface area contributed by atoms with Crippen LogP contribution in [0.15, 0.2) is 83.4 Å². The summed E-state index contributed by atoms with van der Waals surface area (Å²) in [6.45, 7) is 0.382. The summed E-state index contributed by atoms with van der Waals surface area (Å²) in [6, 6.07) is 23.6. The Labute approximate surface area is 160 Å². The lowest BCUT2D eigenvalue weighted by atomic mass is 10.1. The smallest absolute Gasteiger partial charge is 0.247 e. The van der Waals surface area contributed by atoms with E-state index in [9.17, 15) is 0 Å². The topological polar surface area (TPSA) is 81.1 Å². The van der Waals surface area contributed by atoms with Gasteiger partial charge in [0.05, 0.1) is 18.4 Å². The Balaban J connectivity index is 1.42. The first kappa shape index (κ1) is 16.2. The lowest BCUT2D eigenvalue weighted by Crippen LogP contribution is -2.07. The van der Waals surface area contributed by atoms with E-state index in [-0.39, 0.29) is 0 Å². The number of hydrogen-bond acceptors (Lipinski definition) is 6. The maximum Gasteiger partial charge on any atom is 0.247 e. The third-order valence-electron chi connectivity index (χ3n) is 4.34. The average Bonchev–Trinajstić information content (AvgIpc) is 3.43. The predicted molar refractivity (Wildman–Crippen MR) is 105 cm³/mol. The Bertz CT molecular complexity index is 1210. The summed E-state index contributed by atoms with van der Waals surface area (Å²) in [6.07, 6.45) is 1.72. The van der Waals surface area contributed by atoms with Crippen molar-refractivity contribution >= 4 is 11.5 Å². The van der Waals surface area contributed by atoms with Crippen molar-refractivity contribution in [2.45, 2.75) is 6.54 Å². The van der Waals surface area contributed by atoms with Gasteiger partial charge in [-0.2, -0.15) is 9.61 Å². The van der Waals surface area contributed by atoms with Gasteiger partial charge in [0.15, 0.2) is 5.65 Å². The highest BCUT2D eigenvalue weighted by Gasteiger charge is 2.11. The van der Waals surface area contributed by atoms with E-state index in [0.29, 0.717) is 18.3 Å². The van der Waals surface area contributed by atoms with Crippen LogP contribution in [-0.2, 0) is 6.54 Å². The number of anilines is 1. The number of benzene rings is 2. The van der Waals surface area contributed by atoms with Gasteiger partial charge in [-0.1, -0.05) is 48.5 Å². The standard InChI is InChI=1S/C21H16N6O/c1-3-7-15(8-4-1)17-13-19(27-18(24-17)11-12-23-27)22-14-20-25-26-21(28-20)16-9-5-2-6-10-16/h1-13,22H,14H2. The van der Waals surface area contributed by atoms with Crippen LogP contribution in [0.1, 0.15) is 5.89 Å². The van der Waals surface area contributed by atoms with Crippen LogP contribution >= 0.6 is 0 Å². The zero-order valence-corrected chi connectivity index (χ0v) is 14.9. The third-order valence-corrected chi connectivity index (χ3v) is 4.34. The summed E-state index contributed by atoms with van der Waals surface area (Å²) in [7, 11) is 0. The van der Waals surface area contributed by atoms with Crippen LogP contribution in [0.2, 0.25) is 0 Å². The highest BCUT2D eigenvalue weighted by molar-refractivity contribution is 5.66. The molecule has 1 N–H and O–H groups in total. The van der Waals surface area contributed by atoms with Crippen molar-refractivity contribution in [2.24, 2.45) is 0 Å². The monoisotopic (exact) mass is 368 g/mol. The molecule has 0 aliphatic carbocycles. The molecule has 0 unspecified atom stereocenters. The molecule has 3 aromatic heterocycles. The van der Waals surface area contributed by atoms with Crippen LogP contribution in [-0.4, -0.2) is 24.8 Å². The first-order chi connectivity index (χ1) is 13.9. The van der Waals surface area contributed by atoms with Gasteiger partial charge in [0.25, 0.3) is 0 Å². The lowest BCUT2D eigenvalue weighted by molar-refractivity contribution is 0.514. The third kappa shape index (κ3) is 3.09. The first-order valence-corrected chi connectivity index (χ1v) is 8.89. The van der Waals surface area contributed by atoms with Crippen LogP contribution in [0.5, 0.6) is 0 Å². The Kier molecular flexibility index (Phi) is 4.02. The van der Waals surface area contributed by atoms with Gasteiger partial charge < -0.3 is 9.73 Å². The molecular formula is C21H16N6O. The minimum Gasteiger partial charge on any atom is -0.419 e. The summed E-state index contributed by atoms with van der Waals surface area (Å²) < 4.78 is 7.52. The quantitative estimate of drug-likeness (QED) is 0.504. The van der Waals surface area contributed by atoms with Gasteiger partial charge in [-0.05, 0) is 12.1 Å². The normalized spacial score (nSPS) is 11.0. The van der Waals surface area contributed by atoms with Crippen LogP contribution in [0.25, 0.3) is 28.4 Å². The van der Waals surface area contributed by atoms with Crippen LogP contribution in [0.3, 0.4) is 0 Å². The number of nitrogens with zero attached hydrogens (tertiary/aromatic N) is 5. The van der Waals surface area contributed by atoms with Crippen molar-refractivity contribution in [3.05, 3.63) is 84.9 Å². The largest absolute Gasteiger partial charge is 0.419 e. The molecule has 7 heteroatoms. The van der Waals surface area contributed by atoms with Gasteiger partial charge in [-0.25, -0.2) is 4.98 Å². The molecule has 0 fully saturated rings. The molecule has 0 atom stereocenters. The van der Waals surface area contributed by atoms with Crippen molar-refractivity contribution in [1.29, 1.82) is 0 Å². The zero-order chi connectivity index (χ0) is 18.8. The summed E-state index contributed by atoms with van der Waals surface area (Å²) >= 11 is 0. The highest BCUT2D eigenvalue weighted by atomic mass is 16.4. The van der Waals surface area contributed by atoms with Gasteiger partial charge in [0.2, 0.25) is 11.8 Å². The molecule has 5 aromatic rings. The number of rotatable bonds is 5. The molecule has 0 saturated carbocycles. The maximum absolute atomic E-state index is 5.77. The number of aromatic nitrogens is 5. The molecule has 5 rings (SSSR count). The van der Waals surface area contributed by atoms with E-state index in [1.165, 1.54) is 0 Å². The second-order valence-electron chi connectivity index (χ2n) is 6.21. The van der Waals surface area contributed by atoms with Crippen molar-refractivity contribution in [1.82, 2.24) is 24.8 Å². The van der Waals surface area contributed by atoms with E-state index in [2.05, 4.69) is 25.6 Å². The lowest BCUT2D eigenvalue weighted by Gasteiger charge is -2.09. The van der Waals surface area contributed by atoms with Crippen molar-refractivity contribution < 1.29 is 4.42 Å². The minimum atomic E-state index is 0.382. The summed E-state index contributed by atoms with van der Waals surface area (Å²) in [5.74, 6) is 1.80. The van der Waals surface area contributed by atoms with Gasteiger partial charge in [0.1, 0.15) is 5.82 Å². The molecule has 3 heterocycles. The minimum absolute atomic E-state index is 0.382. The molecule has 0 amide bonds. The second-order valence-corrected chi connectivity index (χ2v) is 6.21. The van der Waals surface area contributed by atoms with E-state index < -0.39 is 0 Å². The van der Waals surface area contributed by atoms with Gasteiger partial charge >= 0.3 is 0 Å². The number of fused-ring (bicyclic) bond motifs is 1. The molecule has 0 radical (unpaired) electrons. The molecular weight excluding hydrogens is 352 g/mol. The molecule has 136 valence electrons. The molecule has 2 aromatic carbocycles. The maximum atomic E-state index is 5.77. The average molecular weight is 368 g/mol. The fraction of sp³-hybridized carbons (Fsp3) is 0.0476. The second kappa shape index (κ2) is 6.96. The highest BCUT2D eigenvalue weighted by Crippen LogP contribution is 2.23. The molecule has 28 heavy (non-hydrogen) atoms. The van der Waals surface area contributed by atoms with Crippen molar-refractivity contribution in [2.75, 3.05) is 5.32 Å². The number of nitrogens with one attached hydrogen (secondary N) is 1. The van der Waals surface area contributed by atoms with Crippen LogP contribution in [0, 0.1) is 0 Å². The SMILES string of the molecule is c1ccc(-c2cc(NCc3nnc(-c4ccccc4)o3)n3nccc3n2)cc1. The molecule has 0 spiro atoms. The fourth-order valence-electron chi connectivity index (χ4n) is 2.98. The van der Waals surface area contributed by atoms with E-state index in [1.54, 1.807) is 10.7 Å². The van der Waals surface area contributed by atoms with Gasteiger partial charge in [0, 0.05) is 23.3 Å². The predicted octanol–water partition coefficient (Wildman–Crippen LogP) is 4.06. The van der Waals surface area contributed by atoms with Crippen LogP contribution in [0.4, 0.5) is 5.82 Å². The summed E-state index contributed by atoms with van der Waals surface area (Å²) in [5.41, 5.74) is 3.57. The van der Waals surface area contributed by atoms with Crippen molar-refractivity contribution in [3.8, 4) is 22.7 Å². The molecule has 7 nitrogen and oxygen atoms in total. The van der Waals surface area contributed by atoms with E-state index in [0.717, 1.165) is 28.3 Å². The van der Waals surface area contributed by atoms with E-state index in [1.807, 2.05) is 72.8 Å². The molecule has 0 bridgehead atoms. The zero-order valence-electron chi connectivity index (χ0n) is 14.9. The van der Waals surface area contributed by atoms with E-state index >= 15 is 0 Å². The Hall–Kier alpha value is -4.00. The van der Waals surface area contributed by atoms with Gasteiger partial charge in [-0.15, -0.1) is 10.2 Å². The summed E-state index contributed by atoms with van der Waals surface area (Å²) in [5, 5.41) is 15.9. The molecule has 0 saturated heterocycles. The fourth-order valence-corrected chi connectivity index (χ4v) is 2.98.